The molecule has 0 unspecified atom stereocenters. The van der Waals surface area contributed by atoms with E-state index in [-0.39, 0.29) is 16.9 Å². The fourth-order valence-electron chi connectivity index (χ4n) is 2.51. The highest BCUT2D eigenvalue weighted by atomic mass is 79.9. The molecular formula is C14H20BrNO3S. The van der Waals surface area contributed by atoms with E-state index in [9.17, 15) is 8.42 Å². The Morgan fingerprint density at radius 1 is 1.40 bits per heavy atom. The van der Waals surface area contributed by atoms with Crippen molar-refractivity contribution in [1.82, 2.24) is 4.72 Å². The first-order valence-corrected chi connectivity index (χ1v) is 9.09. The van der Waals surface area contributed by atoms with Crippen LogP contribution >= 0.6 is 15.9 Å². The van der Waals surface area contributed by atoms with Crippen molar-refractivity contribution in [2.45, 2.75) is 44.1 Å². The maximum absolute atomic E-state index is 12.4. The number of aliphatic hydroxyl groups is 1. The van der Waals surface area contributed by atoms with Crippen LogP contribution in [0.1, 0.15) is 38.2 Å². The quantitative estimate of drug-likeness (QED) is 0.818. The van der Waals surface area contributed by atoms with E-state index in [2.05, 4.69) is 27.6 Å². The Kier molecular flexibility index (Phi) is 4.89. The van der Waals surface area contributed by atoms with Gasteiger partial charge < -0.3 is 5.11 Å². The lowest BCUT2D eigenvalue weighted by Crippen LogP contribution is -2.41. The standard InChI is InChI=1S/C14H20BrNO3S/c1-2-14(6-3-7-14)10-16-20(18,19)13-8-11(9-17)4-5-12(13)15/h4-5,8,16-17H,2-3,6-7,9-10H2,1H3. The van der Waals surface area contributed by atoms with Gasteiger partial charge >= 0.3 is 0 Å². The first-order chi connectivity index (χ1) is 9.42. The number of sulfonamides is 1. The van der Waals surface area contributed by atoms with Crippen LogP contribution in [0, 0.1) is 5.41 Å². The monoisotopic (exact) mass is 361 g/mol. The Bertz CT molecular complexity index is 577. The second-order valence-electron chi connectivity index (χ2n) is 5.45. The molecule has 1 saturated carbocycles. The molecule has 1 aromatic carbocycles. The van der Waals surface area contributed by atoms with Crippen molar-refractivity contribution in [1.29, 1.82) is 0 Å². The summed E-state index contributed by atoms with van der Waals surface area (Å²) in [7, 11) is -3.55. The van der Waals surface area contributed by atoms with Crippen LogP contribution in [-0.4, -0.2) is 20.1 Å². The summed E-state index contributed by atoms with van der Waals surface area (Å²) in [4.78, 5) is 0.189. The molecule has 0 atom stereocenters. The zero-order chi connectivity index (χ0) is 14.8. The number of hydrogen-bond acceptors (Lipinski definition) is 3. The molecular weight excluding hydrogens is 342 g/mol. The van der Waals surface area contributed by atoms with Gasteiger partial charge in [-0.25, -0.2) is 13.1 Å². The first kappa shape index (κ1) is 15.9. The minimum atomic E-state index is -3.55. The minimum Gasteiger partial charge on any atom is -0.392 e. The third-order valence-electron chi connectivity index (χ3n) is 4.27. The molecule has 4 nitrogen and oxygen atoms in total. The summed E-state index contributed by atoms with van der Waals surface area (Å²) in [6.45, 7) is 2.42. The van der Waals surface area contributed by atoms with Crippen LogP contribution in [0.25, 0.3) is 0 Å². The zero-order valence-electron chi connectivity index (χ0n) is 11.5. The summed E-state index contributed by atoms with van der Waals surface area (Å²) in [5.41, 5.74) is 0.719. The van der Waals surface area contributed by atoms with Gasteiger partial charge in [-0.15, -0.1) is 0 Å². The minimum absolute atomic E-state index is 0.133. The van der Waals surface area contributed by atoms with E-state index in [1.165, 1.54) is 12.5 Å². The molecule has 1 fully saturated rings. The SMILES string of the molecule is CCC1(CNS(=O)(=O)c2cc(CO)ccc2Br)CCC1. The van der Waals surface area contributed by atoms with Crippen LogP contribution in [0.2, 0.25) is 0 Å². The van der Waals surface area contributed by atoms with Gasteiger partial charge in [0.25, 0.3) is 0 Å². The van der Waals surface area contributed by atoms with Gasteiger partial charge in [-0.05, 0) is 58.3 Å². The van der Waals surface area contributed by atoms with E-state index in [0.717, 1.165) is 19.3 Å². The number of rotatable bonds is 6. The van der Waals surface area contributed by atoms with Gasteiger partial charge in [0, 0.05) is 11.0 Å². The van der Waals surface area contributed by atoms with Crippen LogP contribution in [0.15, 0.2) is 27.6 Å². The Labute approximate surface area is 128 Å². The van der Waals surface area contributed by atoms with Gasteiger partial charge in [0.1, 0.15) is 0 Å². The van der Waals surface area contributed by atoms with Crippen LogP contribution in [0.5, 0.6) is 0 Å². The molecule has 0 saturated heterocycles. The van der Waals surface area contributed by atoms with E-state index in [1.807, 2.05) is 0 Å². The second kappa shape index (κ2) is 6.13. The van der Waals surface area contributed by atoms with Crippen molar-refractivity contribution < 1.29 is 13.5 Å². The first-order valence-electron chi connectivity index (χ1n) is 6.81. The van der Waals surface area contributed by atoms with Gasteiger partial charge in [-0.2, -0.15) is 0 Å². The predicted octanol–water partition coefficient (Wildman–Crippen LogP) is 2.80. The molecule has 0 spiro atoms. The Balaban J connectivity index is 2.18. The summed E-state index contributed by atoms with van der Waals surface area (Å²) >= 11 is 3.26. The number of aliphatic hydroxyl groups excluding tert-OH is 1. The summed E-state index contributed by atoms with van der Waals surface area (Å²) in [6.07, 6.45) is 4.35. The van der Waals surface area contributed by atoms with Gasteiger partial charge in [0.05, 0.1) is 11.5 Å². The topological polar surface area (TPSA) is 66.4 Å². The second-order valence-corrected chi connectivity index (χ2v) is 8.04. The maximum Gasteiger partial charge on any atom is 0.241 e. The van der Waals surface area contributed by atoms with Crippen molar-refractivity contribution >= 4 is 26.0 Å². The number of halogens is 1. The van der Waals surface area contributed by atoms with E-state index < -0.39 is 10.0 Å². The molecule has 2 rings (SSSR count). The summed E-state index contributed by atoms with van der Waals surface area (Å²) < 4.78 is 28.0. The Morgan fingerprint density at radius 3 is 2.60 bits per heavy atom. The van der Waals surface area contributed by atoms with E-state index >= 15 is 0 Å². The highest BCUT2D eigenvalue weighted by molar-refractivity contribution is 9.10. The van der Waals surface area contributed by atoms with Crippen LogP contribution in [0.4, 0.5) is 0 Å². The average molecular weight is 362 g/mol. The van der Waals surface area contributed by atoms with E-state index in [4.69, 9.17) is 5.11 Å². The largest absolute Gasteiger partial charge is 0.392 e. The van der Waals surface area contributed by atoms with Gasteiger partial charge in [-0.3, -0.25) is 0 Å². The summed E-state index contributed by atoms with van der Waals surface area (Å²) in [5, 5.41) is 9.13. The van der Waals surface area contributed by atoms with E-state index in [1.54, 1.807) is 12.1 Å². The number of benzene rings is 1. The molecule has 0 aromatic heterocycles. The lowest BCUT2D eigenvalue weighted by Gasteiger charge is -2.41. The molecule has 0 radical (unpaired) electrons. The predicted molar refractivity (Wildman–Crippen MR) is 81.8 cm³/mol. The van der Waals surface area contributed by atoms with Gasteiger partial charge in [0.2, 0.25) is 10.0 Å². The molecule has 1 aromatic rings. The third kappa shape index (κ3) is 3.24. The molecule has 0 heterocycles. The lowest BCUT2D eigenvalue weighted by atomic mass is 9.67. The highest BCUT2D eigenvalue weighted by Gasteiger charge is 2.36. The molecule has 0 amide bonds. The smallest absolute Gasteiger partial charge is 0.241 e. The van der Waals surface area contributed by atoms with Gasteiger partial charge in [-0.1, -0.05) is 19.4 Å². The molecule has 0 bridgehead atoms. The van der Waals surface area contributed by atoms with Crippen LogP contribution < -0.4 is 4.72 Å². The maximum atomic E-state index is 12.4. The normalized spacial score (nSPS) is 17.8. The summed E-state index contributed by atoms with van der Waals surface area (Å²) in [6, 6.07) is 4.85. The van der Waals surface area contributed by atoms with Crippen molar-refractivity contribution in [2.24, 2.45) is 5.41 Å². The average Bonchev–Trinajstić information content (AvgIpc) is 2.38. The molecule has 1 aliphatic carbocycles. The van der Waals surface area contributed by atoms with Crippen molar-refractivity contribution in [2.75, 3.05) is 6.54 Å². The molecule has 6 heteroatoms. The third-order valence-corrected chi connectivity index (χ3v) is 6.66. The highest BCUT2D eigenvalue weighted by Crippen LogP contribution is 2.43. The fourth-order valence-corrected chi connectivity index (χ4v) is 4.68. The fraction of sp³-hybridized carbons (Fsp3) is 0.571. The lowest BCUT2D eigenvalue weighted by molar-refractivity contribution is 0.133. The molecule has 0 aliphatic heterocycles. The molecule has 112 valence electrons. The zero-order valence-corrected chi connectivity index (χ0v) is 13.9. The molecule has 2 N–H and O–H groups in total. The Morgan fingerprint density at radius 2 is 2.10 bits per heavy atom. The Hall–Kier alpha value is -0.430. The van der Waals surface area contributed by atoms with Crippen LogP contribution in [0.3, 0.4) is 0 Å². The van der Waals surface area contributed by atoms with Crippen molar-refractivity contribution in [3.05, 3.63) is 28.2 Å². The number of hydrogen-bond donors (Lipinski definition) is 2. The molecule has 20 heavy (non-hydrogen) atoms. The van der Waals surface area contributed by atoms with Crippen molar-refractivity contribution in [3.63, 3.8) is 0 Å². The van der Waals surface area contributed by atoms with Gasteiger partial charge in [0.15, 0.2) is 0 Å². The number of nitrogens with one attached hydrogen (secondary N) is 1. The molecule has 1 aliphatic rings. The van der Waals surface area contributed by atoms with Crippen LogP contribution in [-0.2, 0) is 16.6 Å². The van der Waals surface area contributed by atoms with Crippen molar-refractivity contribution in [3.8, 4) is 0 Å². The summed E-state index contributed by atoms with van der Waals surface area (Å²) in [5.74, 6) is 0. The van der Waals surface area contributed by atoms with E-state index in [0.29, 0.717) is 16.6 Å².